The number of alkyl carbamates (subject to hydrolysis) is 1. The Balaban J connectivity index is 1.42. The molecular weight excluding hydrogens is 608 g/mol. The molecule has 1 aliphatic carbocycles. The third-order valence-electron chi connectivity index (χ3n) is 8.62. The lowest BCUT2D eigenvalue weighted by Gasteiger charge is -2.32. The van der Waals surface area contributed by atoms with Crippen molar-refractivity contribution in [1.82, 2.24) is 15.1 Å². The molecule has 0 bridgehead atoms. The van der Waals surface area contributed by atoms with E-state index in [0.29, 0.717) is 48.1 Å². The van der Waals surface area contributed by atoms with E-state index in [9.17, 15) is 23.2 Å². The quantitative estimate of drug-likeness (QED) is 0.299. The van der Waals surface area contributed by atoms with Gasteiger partial charge in [-0.05, 0) is 96.0 Å². The Morgan fingerprint density at radius 3 is 2.34 bits per heavy atom. The molecule has 11 heteroatoms. The number of methoxy groups -OCH3 is 2. The average molecular weight is 656 g/mol. The van der Waals surface area contributed by atoms with Crippen LogP contribution in [0.3, 0.4) is 0 Å². The van der Waals surface area contributed by atoms with Gasteiger partial charge in [-0.1, -0.05) is 11.6 Å². The molecule has 1 atom stereocenters. The van der Waals surface area contributed by atoms with E-state index in [1.165, 1.54) is 26.4 Å². The van der Waals surface area contributed by atoms with Crippen LogP contribution in [0.5, 0.6) is 11.5 Å². The maximum Gasteiger partial charge on any atom is 0.407 e. The van der Waals surface area contributed by atoms with Crippen molar-refractivity contribution in [2.24, 2.45) is 11.8 Å². The molecule has 2 aliphatic rings. The van der Waals surface area contributed by atoms with E-state index in [-0.39, 0.29) is 42.4 Å². The number of hydrogen-bond acceptors (Lipinski definition) is 6. The highest BCUT2D eigenvalue weighted by atomic mass is 19.1. The molecule has 1 unspecified atom stereocenters. The topological polar surface area (TPSA) is 97.4 Å². The van der Waals surface area contributed by atoms with Crippen molar-refractivity contribution < 1.29 is 37.4 Å². The number of nitrogens with one attached hydrogen (secondary N) is 1. The monoisotopic (exact) mass is 655 g/mol. The third kappa shape index (κ3) is 9.92. The van der Waals surface area contributed by atoms with Crippen molar-refractivity contribution in [1.29, 1.82) is 0 Å². The fraction of sp³-hybridized carbons (Fsp3) is 0.528. The number of halogens is 2. The lowest BCUT2D eigenvalue weighted by atomic mass is 9.85. The molecule has 1 saturated carbocycles. The molecule has 2 aromatic carbocycles. The Morgan fingerprint density at radius 2 is 1.70 bits per heavy atom. The van der Waals surface area contributed by atoms with Crippen molar-refractivity contribution in [3.05, 3.63) is 64.7 Å². The molecule has 0 spiro atoms. The maximum atomic E-state index is 14.4. The number of ether oxygens (including phenoxy) is 3. The SMILES string of the molecule is COc1ccc(C(=O)N(C/C(C)=C\c2ccc(F)cc2F)CC2CCN(CC3CCC(NC(=O)OC(C)(C)C)CC3)C2=O)cc1OC. The molecule has 4 rings (SSSR count). The van der Waals surface area contributed by atoms with Gasteiger partial charge in [0.25, 0.3) is 5.91 Å². The summed E-state index contributed by atoms with van der Waals surface area (Å²) in [4.78, 5) is 43.2. The van der Waals surface area contributed by atoms with Gasteiger partial charge in [-0.25, -0.2) is 13.6 Å². The summed E-state index contributed by atoms with van der Waals surface area (Å²) in [6.45, 7) is 8.85. The number of amides is 3. The second kappa shape index (κ2) is 15.6. The van der Waals surface area contributed by atoms with Gasteiger partial charge in [-0.15, -0.1) is 0 Å². The molecule has 1 heterocycles. The minimum atomic E-state index is -0.696. The highest BCUT2D eigenvalue weighted by molar-refractivity contribution is 5.95. The molecule has 1 aliphatic heterocycles. The average Bonchev–Trinajstić information content (AvgIpc) is 3.35. The first-order valence-electron chi connectivity index (χ1n) is 16.2. The molecule has 2 aromatic rings. The minimum absolute atomic E-state index is 0.00956. The largest absolute Gasteiger partial charge is 0.493 e. The summed E-state index contributed by atoms with van der Waals surface area (Å²) < 4.78 is 44.0. The first-order valence-corrected chi connectivity index (χ1v) is 16.2. The number of hydrogen-bond donors (Lipinski definition) is 1. The van der Waals surface area contributed by atoms with E-state index < -0.39 is 23.3 Å². The third-order valence-corrected chi connectivity index (χ3v) is 8.62. The number of carbonyl (C=O) groups is 3. The Labute approximate surface area is 276 Å². The Morgan fingerprint density at radius 1 is 1.00 bits per heavy atom. The van der Waals surface area contributed by atoms with Crippen LogP contribution in [0.25, 0.3) is 6.08 Å². The van der Waals surface area contributed by atoms with Gasteiger partial charge in [0.05, 0.1) is 20.1 Å². The highest BCUT2D eigenvalue weighted by Crippen LogP contribution is 2.31. The zero-order valence-electron chi connectivity index (χ0n) is 28.2. The molecule has 3 amide bonds. The molecule has 2 fully saturated rings. The van der Waals surface area contributed by atoms with Gasteiger partial charge in [0.15, 0.2) is 11.5 Å². The normalized spacial score (nSPS) is 20.2. The van der Waals surface area contributed by atoms with Gasteiger partial charge >= 0.3 is 6.09 Å². The molecule has 1 N–H and O–H groups in total. The molecule has 1 saturated heterocycles. The van der Waals surface area contributed by atoms with E-state index in [0.717, 1.165) is 31.7 Å². The summed E-state index contributed by atoms with van der Waals surface area (Å²) in [6.07, 6.45) is 5.22. The standard InChI is InChI=1S/C36H47F2N3O6/c1-23(17-25-9-11-28(37)19-30(25)38)20-41(33(42)26-10-14-31(45-5)32(18-26)46-6)22-27-15-16-40(34(27)43)21-24-7-12-29(13-8-24)39-35(44)47-36(2,3)4/h9-11,14,17-19,24,27,29H,7-8,12-13,15-16,20-22H2,1-6H3,(H,39,44)/b23-17-. The summed E-state index contributed by atoms with van der Waals surface area (Å²) in [5, 5.41) is 2.96. The second-order valence-corrected chi connectivity index (χ2v) is 13.5. The van der Waals surface area contributed by atoms with E-state index in [1.54, 1.807) is 36.1 Å². The number of benzene rings is 2. The zero-order valence-corrected chi connectivity index (χ0v) is 28.2. The second-order valence-electron chi connectivity index (χ2n) is 13.5. The van der Waals surface area contributed by atoms with Crippen LogP contribution in [0.4, 0.5) is 13.6 Å². The fourth-order valence-electron chi connectivity index (χ4n) is 6.30. The van der Waals surface area contributed by atoms with E-state index in [4.69, 9.17) is 14.2 Å². The lowest BCUT2D eigenvalue weighted by Crippen LogP contribution is -2.43. The molecule has 47 heavy (non-hydrogen) atoms. The van der Waals surface area contributed by atoms with Crippen molar-refractivity contribution in [2.45, 2.75) is 71.4 Å². The van der Waals surface area contributed by atoms with Crippen LogP contribution in [0.1, 0.15) is 75.7 Å². The first-order chi connectivity index (χ1) is 22.3. The Kier molecular flexibility index (Phi) is 11.9. The number of likely N-dealkylation sites (tertiary alicyclic amines) is 1. The van der Waals surface area contributed by atoms with Crippen LogP contribution >= 0.6 is 0 Å². The maximum absolute atomic E-state index is 14.4. The predicted octanol–water partition coefficient (Wildman–Crippen LogP) is 6.46. The smallest absolute Gasteiger partial charge is 0.407 e. The zero-order chi connectivity index (χ0) is 34.3. The van der Waals surface area contributed by atoms with Crippen molar-refractivity contribution in [2.75, 3.05) is 40.4 Å². The summed E-state index contributed by atoms with van der Waals surface area (Å²) in [5.74, 6) is -0.839. The summed E-state index contributed by atoms with van der Waals surface area (Å²) in [6, 6.07) is 8.32. The molecule has 256 valence electrons. The van der Waals surface area contributed by atoms with Crippen LogP contribution in [0.2, 0.25) is 0 Å². The fourth-order valence-corrected chi connectivity index (χ4v) is 6.30. The van der Waals surface area contributed by atoms with E-state index in [1.807, 2.05) is 25.7 Å². The van der Waals surface area contributed by atoms with Gasteiger partial charge < -0.3 is 29.3 Å². The highest BCUT2D eigenvalue weighted by Gasteiger charge is 2.36. The van der Waals surface area contributed by atoms with Crippen LogP contribution in [0, 0.1) is 23.5 Å². The first kappa shape index (κ1) is 35.7. The summed E-state index contributed by atoms with van der Waals surface area (Å²) >= 11 is 0. The van der Waals surface area contributed by atoms with E-state index >= 15 is 0 Å². The lowest BCUT2D eigenvalue weighted by molar-refractivity contribution is -0.131. The van der Waals surface area contributed by atoms with Crippen LogP contribution in [-0.2, 0) is 9.53 Å². The molecular formula is C36H47F2N3O6. The van der Waals surface area contributed by atoms with Crippen LogP contribution in [0.15, 0.2) is 42.0 Å². The van der Waals surface area contributed by atoms with E-state index in [2.05, 4.69) is 5.32 Å². The van der Waals surface area contributed by atoms with Gasteiger partial charge in [-0.2, -0.15) is 0 Å². The van der Waals surface area contributed by atoms with Crippen molar-refractivity contribution >= 4 is 24.0 Å². The summed E-state index contributed by atoms with van der Waals surface area (Å²) in [7, 11) is 3.00. The van der Waals surface area contributed by atoms with Gasteiger partial charge in [0.2, 0.25) is 5.91 Å². The molecule has 0 radical (unpaired) electrons. The van der Waals surface area contributed by atoms with Crippen molar-refractivity contribution in [3.8, 4) is 11.5 Å². The van der Waals surface area contributed by atoms with Crippen LogP contribution < -0.4 is 14.8 Å². The Hall–Kier alpha value is -4.15. The number of nitrogens with zero attached hydrogens (tertiary/aromatic N) is 2. The Bertz CT molecular complexity index is 1470. The minimum Gasteiger partial charge on any atom is -0.493 e. The number of carbonyl (C=O) groups excluding carboxylic acids is 3. The molecule has 0 aromatic heterocycles. The van der Waals surface area contributed by atoms with Crippen LogP contribution in [-0.4, -0.2) is 79.7 Å². The molecule has 9 nitrogen and oxygen atoms in total. The number of rotatable bonds is 11. The van der Waals surface area contributed by atoms with Gasteiger partial charge in [0.1, 0.15) is 17.2 Å². The predicted molar refractivity (Wildman–Crippen MR) is 175 cm³/mol. The van der Waals surface area contributed by atoms with Gasteiger partial charge in [0, 0.05) is 49.4 Å². The van der Waals surface area contributed by atoms with Crippen molar-refractivity contribution in [3.63, 3.8) is 0 Å². The summed E-state index contributed by atoms with van der Waals surface area (Å²) in [5.41, 5.74) is 0.693. The van der Waals surface area contributed by atoms with Gasteiger partial charge in [-0.3, -0.25) is 9.59 Å².